The third-order valence-corrected chi connectivity index (χ3v) is 4.08. The van der Waals surface area contributed by atoms with Crippen molar-refractivity contribution in [2.45, 2.75) is 33.1 Å². The zero-order chi connectivity index (χ0) is 18.2. The van der Waals surface area contributed by atoms with Gasteiger partial charge in [0, 0.05) is 30.8 Å². The Balaban J connectivity index is 1.95. The van der Waals surface area contributed by atoms with Crippen molar-refractivity contribution in [3.63, 3.8) is 0 Å². The largest absolute Gasteiger partial charge is 0.337 e. The Labute approximate surface area is 148 Å². The van der Waals surface area contributed by atoms with Gasteiger partial charge < -0.3 is 16.0 Å². The van der Waals surface area contributed by atoms with Gasteiger partial charge >= 0.3 is 6.03 Å². The Bertz CT molecular complexity index is 729. The van der Waals surface area contributed by atoms with Crippen LogP contribution in [0.25, 0.3) is 0 Å². The molecule has 0 radical (unpaired) electrons. The van der Waals surface area contributed by atoms with Gasteiger partial charge in [0.1, 0.15) is 0 Å². The lowest BCUT2D eigenvalue weighted by molar-refractivity contribution is -0.114. The monoisotopic (exact) mass is 339 g/mol. The molecule has 0 saturated heterocycles. The van der Waals surface area contributed by atoms with Gasteiger partial charge in [0.05, 0.1) is 0 Å². The molecule has 5 heteroatoms. The van der Waals surface area contributed by atoms with E-state index in [-0.39, 0.29) is 17.9 Å². The predicted octanol–water partition coefficient (Wildman–Crippen LogP) is 4.27. The average molecular weight is 339 g/mol. The topological polar surface area (TPSA) is 70.2 Å². The van der Waals surface area contributed by atoms with Crippen molar-refractivity contribution in [1.82, 2.24) is 5.32 Å². The van der Waals surface area contributed by atoms with E-state index in [0.29, 0.717) is 17.9 Å². The maximum Gasteiger partial charge on any atom is 0.319 e. The fourth-order valence-electron chi connectivity index (χ4n) is 2.64. The summed E-state index contributed by atoms with van der Waals surface area (Å²) in [7, 11) is 0. The van der Waals surface area contributed by atoms with Gasteiger partial charge in [-0.3, -0.25) is 4.79 Å². The van der Waals surface area contributed by atoms with Crippen molar-refractivity contribution in [2.24, 2.45) is 0 Å². The van der Waals surface area contributed by atoms with Crippen LogP contribution in [0.4, 0.5) is 16.2 Å². The van der Waals surface area contributed by atoms with Gasteiger partial charge in [-0.15, -0.1) is 0 Å². The summed E-state index contributed by atoms with van der Waals surface area (Å²) in [5.74, 6) is 0.137. The summed E-state index contributed by atoms with van der Waals surface area (Å²) in [5.41, 5.74) is 3.49. The third-order valence-electron chi connectivity index (χ3n) is 4.08. The van der Waals surface area contributed by atoms with E-state index in [1.54, 1.807) is 6.07 Å². The average Bonchev–Trinajstić information content (AvgIpc) is 2.59. The van der Waals surface area contributed by atoms with Gasteiger partial charge in [0.2, 0.25) is 5.91 Å². The molecule has 25 heavy (non-hydrogen) atoms. The molecule has 2 rings (SSSR count). The summed E-state index contributed by atoms with van der Waals surface area (Å²) in [4.78, 5) is 23.4. The Morgan fingerprint density at radius 3 is 2.40 bits per heavy atom. The van der Waals surface area contributed by atoms with E-state index < -0.39 is 0 Å². The summed E-state index contributed by atoms with van der Waals surface area (Å²) < 4.78 is 0. The highest BCUT2D eigenvalue weighted by molar-refractivity contribution is 5.93. The van der Waals surface area contributed by atoms with Crippen LogP contribution in [0.1, 0.15) is 37.3 Å². The maximum atomic E-state index is 12.2. The van der Waals surface area contributed by atoms with Crippen LogP contribution in [0.15, 0.2) is 48.5 Å². The first-order valence-corrected chi connectivity index (χ1v) is 8.47. The molecule has 2 aromatic carbocycles. The van der Waals surface area contributed by atoms with E-state index in [4.69, 9.17) is 0 Å². The number of urea groups is 1. The van der Waals surface area contributed by atoms with Crippen LogP contribution >= 0.6 is 0 Å². The van der Waals surface area contributed by atoms with Gasteiger partial charge in [0.15, 0.2) is 0 Å². The number of amides is 3. The Morgan fingerprint density at radius 1 is 1.04 bits per heavy atom. The number of carbonyl (C=O) groups excluding carboxylic acids is 2. The Morgan fingerprint density at radius 2 is 1.76 bits per heavy atom. The van der Waals surface area contributed by atoms with E-state index in [1.165, 1.54) is 12.5 Å². The van der Waals surface area contributed by atoms with Crippen molar-refractivity contribution in [3.8, 4) is 0 Å². The summed E-state index contributed by atoms with van der Waals surface area (Å²) in [6.07, 6.45) is 0.946. The van der Waals surface area contributed by atoms with Crippen LogP contribution in [0.5, 0.6) is 0 Å². The molecule has 3 amide bonds. The van der Waals surface area contributed by atoms with Crippen LogP contribution < -0.4 is 16.0 Å². The lowest BCUT2D eigenvalue weighted by Gasteiger charge is -2.17. The van der Waals surface area contributed by atoms with E-state index in [0.717, 1.165) is 12.0 Å². The van der Waals surface area contributed by atoms with Gasteiger partial charge in [-0.25, -0.2) is 4.79 Å². The first-order valence-electron chi connectivity index (χ1n) is 8.47. The third kappa shape index (κ3) is 5.64. The molecule has 0 aliphatic rings. The number of hydrogen-bond acceptors (Lipinski definition) is 2. The van der Waals surface area contributed by atoms with Crippen molar-refractivity contribution < 1.29 is 9.59 Å². The molecule has 0 saturated carbocycles. The second-order valence-corrected chi connectivity index (χ2v) is 6.06. The molecule has 0 fully saturated rings. The van der Waals surface area contributed by atoms with Crippen LogP contribution in [0, 0.1) is 6.92 Å². The maximum absolute atomic E-state index is 12.2. The summed E-state index contributed by atoms with van der Waals surface area (Å²) in [5, 5.41) is 8.49. The number of benzene rings is 2. The molecule has 1 unspecified atom stereocenters. The number of anilines is 2. The molecule has 2 aromatic rings. The van der Waals surface area contributed by atoms with Gasteiger partial charge in [-0.05, 0) is 36.6 Å². The number of carbonyl (C=O) groups is 2. The number of hydrogen-bond donors (Lipinski definition) is 3. The first-order chi connectivity index (χ1) is 12.0. The minimum atomic E-state index is -0.257. The fraction of sp³-hybridized carbons (Fsp3) is 0.300. The zero-order valence-electron chi connectivity index (χ0n) is 14.9. The smallest absolute Gasteiger partial charge is 0.319 e. The van der Waals surface area contributed by atoms with Crippen molar-refractivity contribution in [1.29, 1.82) is 0 Å². The zero-order valence-corrected chi connectivity index (χ0v) is 14.9. The molecule has 0 aromatic heterocycles. The lowest BCUT2D eigenvalue weighted by Crippen LogP contribution is -2.32. The molecule has 0 aliphatic heterocycles. The molecule has 0 bridgehead atoms. The van der Waals surface area contributed by atoms with Crippen LogP contribution in [-0.2, 0) is 4.79 Å². The molecule has 5 nitrogen and oxygen atoms in total. The second kappa shape index (κ2) is 8.87. The van der Waals surface area contributed by atoms with Crippen LogP contribution in [0.3, 0.4) is 0 Å². The van der Waals surface area contributed by atoms with Crippen LogP contribution in [-0.4, -0.2) is 18.5 Å². The molecule has 1 atom stereocenters. The quantitative estimate of drug-likeness (QED) is 0.735. The molecule has 132 valence electrons. The first kappa shape index (κ1) is 18.5. The van der Waals surface area contributed by atoms with Gasteiger partial charge in [0.25, 0.3) is 0 Å². The highest BCUT2D eigenvalue weighted by atomic mass is 16.2. The molecular formula is C20H25N3O2. The molecule has 0 heterocycles. The fourth-order valence-corrected chi connectivity index (χ4v) is 2.64. The standard InChI is InChI=1S/C20H25N3O2/c1-4-16(17-8-6-5-7-9-17)13-21-20(25)23-18-11-10-14(2)19(12-18)22-15(3)24/h5-12,16H,4,13H2,1-3H3,(H,22,24)(H2,21,23,25). The minimum absolute atomic E-state index is 0.140. The van der Waals surface area contributed by atoms with Crippen molar-refractivity contribution >= 4 is 23.3 Å². The molecule has 0 spiro atoms. The Kier molecular flexibility index (Phi) is 6.57. The van der Waals surface area contributed by atoms with E-state index in [9.17, 15) is 9.59 Å². The number of aryl methyl sites for hydroxylation is 1. The number of rotatable bonds is 6. The van der Waals surface area contributed by atoms with E-state index >= 15 is 0 Å². The highest BCUT2D eigenvalue weighted by Crippen LogP contribution is 2.21. The lowest BCUT2D eigenvalue weighted by atomic mass is 9.97. The number of nitrogens with one attached hydrogen (secondary N) is 3. The second-order valence-electron chi connectivity index (χ2n) is 6.06. The molecule has 3 N–H and O–H groups in total. The van der Waals surface area contributed by atoms with Crippen molar-refractivity contribution in [2.75, 3.05) is 17.2 Å². The Hall–Kier alpha value is -2.82. The van der Waals surface area contributed by atoms with E-state index in [2.05, 4.69) is 35.0 Å². The summed E-state index contributed by atoms with van der Waals surface area (Å²) >= 11 is 0. The summed E-state index contributed by atoms with van der Waals surface area (Å²) in [6, 6.07) is 15.3. The predicted molar refractivity (Wildman–Crippen MR) is 102 cm³/mol. The molecule has 0 aliphatic carbocycles. The highest BCUT2D eigenvalue weighted by Gasteiger charge is 2.11. The van der Waals surface area contributed by atoms with Gasteiger partial charge in [-0.2, -0.15) is 0 Å². The summed E-state index contributed by atoms with van der Waals surface area (Å²) in [6.45, 7) is 6.04. The van der Waals surface area contributed by atoms with Crippen LogP contribution in [0.2, 0.25) is 0 Å². The minimum Gasteiger partial charge on any atom is -0.337 e. The van der Waals surface area contributed by atoms with E-state index in [1.807, 2.05) is 37.3 Å². The normalized spacial score (nSPS) is 11.5. The SMILES string of the molecule is CCC(CNC(=O)Nc1ccc(C)c(NC(C)=O)c1)c1ccccc1. The molecular weight excluding hydrogens is 314 g/mol. The van der Waals surface area contributed by atoms with Gasteiger partial charge in [-0.1, -0.05) is 43.3 Å². The van der Waals surface area contributed by atoms with Crippen molar-refractivity contribution in [3.05, 3.63) is 59.7 Å².